The van der Waals surface area contributed by atoms with Crippen LogP contribution in [0, 0.1) is 5.82 Å². The van der Waals surface area contributed by atoms with Gasteiger partial charge in [0.15, 0.2) is 0 Å². The second-order valence-electron chi connectivity index (χ2n) is 5.15. The molecule has 1 atom stereocenters. The molecule has 0 bridgehead atoms. The highest BCUT2D eigenvalue weighted by Crippen LogP contribution is 2.21. The van der Waals surface area contributed by atoms with Gasteiger partial charge in [-0.15, -0.1) is 0 Å². The number of benzene rings is 2. The maximum atomic E-state index is 13.7. The molecular weight excluding hydrogens is 267 g/mol. The molecule has 21 heavy (non-hydrogen) atoms. The SMILES string of the molecule is C[C@@H](O)c1ccc(OCCCCc2ccccc2)cc1F. The van der Waals surface area contributed by atoms with Gasteiger partial charge >= 0.3 is 0 Å². The van der Waals surface area contributed by atoms with E-state index in [9.17, 15) is 9.50 Å². The molecule has 0 saturated carbocycles. The Morgan fingerprint density at radius 1 is 1.10 bits per heavy atom. The Bertz CT molecular complexity index is 552. The summed E-state index contributed by atoms with van der Waals surface area (Å²) in [5, 5.41) is 9.37. The van der Waals surface area contributed by atoms with Gasteiger partial charge in [0.2, 0.25) is 0 Å². The Morgan fingerprint density at radius 3 is 2.52 bits per heavy atom. The van der Waals surface area contributed by atoms with Gasteiger partial charge in [0.25, 0.3) is 0 Å². The molecular formula is C18H21FO2. The molecule has 3 heteroatoms. The van der Waals surface area contributed by atoms with Crippen LogP contribution in [-0.4, -0.2) is 11.7 Å². The molecule has 0 aliphatic carbocycles. The van der Waals surface area contributed by atoms with Crippen molar-refractivity contribution in [3.05, 3.63) is 65.5 Å². The average molecular weight is 288 g/mol. The van der Waals surface area contributed by atoms with E-state index in [1.165, 1.54) is 11.6 Å². The number of rotatable bonds is 7. The molecule has 112 valence electrons. The van der Waals surface area contributed by atoms with E-state index in [1.54, 1.807) is 19.1 Å². The maximum absolute atomic E-state index is 13.7. The zero-order valence-electron chi connectivity index (χ0n) is 12.3. The van der Waals surface area contributed by atoms with Gasteiger partial charge in [-0.3, -0.25) is 0 Å². The molecule has 2 nitrogen and oxygen atoms in total. The van der Waals surface area contributed by atoms with Crippen LogP contribution in [0.25, 0.3) is 0 Å². The number of aryl methyl sites for hydroxylation is 1. The normalized spacial score (nSPS) is 12.1. The van der Waals surface area contributed by atoms with Gasteiger partial charge in [0.05, 0.1) is 12.7 Å². The Kier molecular flexibility index (Phi) is 5.76. The Labute approximate surface area is 125 Å². The Balaban J connectivity index is 1.72. The number of unbranched alkanes of at least 4 members (excludes halogenated alkanes) is 1. The van der Waals surface area contributed by atoms with Gasteiger partial charge in [-0.2, -0.15) is 0 Å². The maximum Gasteiger partial charge on any atom is 0.132 e. The number of hydrogen-bond acceptors (Lipinski definition) is 2. The van der Waals surface area contributed by atoms with E-state index in [0.717, 1.165) is 19.3 Å². The molecule has 2 aromatic carbocycles. The molecule has 0 fully saturated rings. The standard InChI is InChI=1S/C18H21FO2/c1-14(20)17-11-10-16(13-18(17)19)21-12-6-5-9-15-7-3-2-4-8-15/h2-4,7-8,10-11,13-14,20H,5-6,9,12H2,1H3/t14-/m1/s1. The summed E-state index contributed by atoms with van der Waals surface area (Å²) in [6.45, 7) is 2.11. The van der Waals surface area contributed by atoms with Gasteiger partial charge in [0.1, 0.15) is 11.6 Å². The topological polar surface area (TPSA) is 29.5 Å². The third-order valence-corrected chi connectivity index (χ3v) is 3.39. The molecule has 0 radical (unpaired) electrons. The van der Waals surface area contributed by atoms with Crippen molar-refractivity contribution in [3.8, 4) is 5.75 Å². The molecule has 2 aromatic rings. The lowest BCUT2D eigenvalue weighted by molar-refractivity contribution is 0.194. The van der Waals surface area contributed by atoms with E-state index in [0.29, 0.717) is 17.9 Å². The predicted octanol–water partition coefficient (Wildman–Crippen LogP) is 4.28. The Hall–Kier alpha value is -1.87. The second-order valence-corrected chi connectivity index (χ2v) is 5.15. The molecule has 0 unspecified atom stereocenters. The van der Waals surface area contributed by atoms with Crippen LogP contribution in [0.5, 0.6) is 5.75 Å². The molecule has 0 aromatic heterocycles. The van der Waals surface area contributed by atoms with E-state index in [4.69, 9.17) is 4.74 Å². The lowest BCUT2D eigenvalue weighted by atomic mass is 10.1. The number of hydrogen-bond donors (Lipinski definition) is 1. The summed E-state index contributed by atoms with van der Waals surface area (Å²) in [4.78, 5) is 0. The van der Waals surface area contributed by atoms with Gasteiger partial charge in [-0.25, -0.2) is 4.39 Å². The van der Waals surface area contributed by atoms with E-state index >= 15 is 0 Å². The van der Waals surface area contributed by atoms with Crippen molar-refractivity contribution in [3.63, 3.8) is 0 Å². The summed E-state index contributed by atoms with van der Waals surface area (Å²) in [5.41, 5.74) is 1.62. The highest BCUT2D eigenvalue weighted by atomic mass is 19.1. The van der Waals surface area contributed by atoms with Gasteiger partial charge in [-0.05, 0) is 43.9 Å². The van der Waals surface area contributed by atoms with E-state index in [1.807, 2.05) is 18.2 Å². The van der Waals surface area contributed by atoms with Crippen LogP contribution in [0.3, 0.4) is 0 Å². The van der Waals surface area contributed by atoms with Crippen molar-refractivity contribution in [2.24, 2.45) is 0 Å². The Morgan fingerprint density at radius 2 is 1.86 bits per heavy atom. The minimum Gasteiger partial charge on any atom is -0.493 e. The van der Waals surface area contributed by atoms with Crippen molar-refractivity contribution >= 4 is 0 Å². The predicted molar refractivity (Wildman–Crippen MR) is 81.9 cm³/mol. The fraction of sp³-hybridized carbons (Fsp3) is 0.333. The third-order valence-electron chi connectivity index (χ3n) is 3.39. The van der Waals surface area contributed by atoms with E-state index in [-0.39, 0.29) is 0 Å². The summed E-state index contributed by atoms with van der Waals surface area (Å²) in [7, 11) is 0. The summed E-state index contributed by atoms with van der Waals surface area (Å²) < 4.78 is 19.2. The van der Waals surface area contributed by atoms with Crippen LogP contribution < -0.4 is 4.74 Å². The van der Waals surface area contributed by atoms with Gasteiger partial charge < -0.3 is 9.84 Å². The molecule has 0 aliphatic heterocycles. The molecule has 0 spiro atoms. The average Bonchev–Trinajstić information content (AvgIpc) is 2.47. The number of ether oxygens (including phenoxy) is 1. The molecule has 0 saturated heterocycles. The zero-order valence-corrected chi connectivity index (χ0v) is 12.3. The van der Waals surface area contributed by atoms with Crippen LogP contribution in [-0.2, 0) is 6.42 Å². The molecule has 0 aliphatic rings. The van der Waals surface area contributed by atoms with Crippen molar-refractivity contribution in [1.82, 2.24) is 0 Å². The smallest absolute Gasteiger partial charge is 0.132 e. The fourth-order valence-corrected chi connectivity index (χ4v) is 2.20. The van der Waals surface area contributed by atoms with Crippen LogP contribution in [0.4, 0.5) is 4.39 Å². The minimum absolute atomic E-state index is 0.298. The highest BCUT2D eigenvalue weighted by Gasteiger charge is 2.08. The molecule has 0 heterocycles. The third kappa shape index (κ3) is 4.87. The van der Waals surface area contributed by atoms with Gasteiger partial charge in [0, 0.05) is 11.6 Å². The molecule has 1 N–H and O–H groups in total. The summed E-state index contributed by atoms with van der Waals surface area (Å²) in [5.74, 6) is 0.0865. The number of aliphatic hydroxyl groups excluding tert-OH is 1. The lowest BCUT2D eigenvalue weighted by Crippen LogP contribution is -2.01. The van der Waals surface area contributed by atoms with Gasteiger partial charge in [-0.1, -0.05) is 30.3 Å². The van der Waals surface area contributed by atoms with Crippen LogP contribution in [0.2, 0.25) is 0 Å². The van der Waals surface area contributed by atoms with Crippen molar-refractivity contribution < 1.29 is 14.2 Å². The largest absolute Gasteiger partial charge is 0.493 e. The number of halogens is 1. The quantitative estimate of drug-likeness (QED) is 0.770. The van der Waals surface area contributed by atoms with Crippen LogP contribution >= 0.6 is 0 Å². The first kappa shape index (κ1) is 15.5. The van der Waals surface area contributed by atoms with Crippen molar-refractivity contribution in [2.75, 3.05) is 6.61 Å². The summed E-state index contributed by atoms with van der Waals surface area (Å²) in [6, 6.07) is 14.9. The summed E-state index contributed by atoms with van der Waals surface area (Å²) in [6.07, 6.45) is 2.19. The second kappa shape index (κ2) is 7.79. The van der Waals surface area contributed by atoms with E-state index < -0.39 is 11.9 Å². The lowest BCUT2D eigenvalue weighted by Gasteiger charge is -2.10. The van der Waals surface area contributed by atoms with Crippen LogP contribution in [0.15, 0.2) is 48.5 Å². The zero-order chi connectivity index (χ0) is 15.1. The van der Waals surface area contributed by atoms with E-state index in [2.05, 4.69) is 12.1 Å². The number of aliphatic hydroxyl groups is 1. The van der Waals surface area contributed by atoms with Crippen LogP contribution in [0.1, 0.15) is 37.0 Å². The first-order valence-corrected chi connectivity index (χ1v) is 7.31. The summed E-state index contributed by atoms with van der Waals surface area (Å²) >= 11 is 0. The minimum atomic E-state index is -0.801. The molecule has 2 rings (SSSR count). The molecule has 0 amide bonds. The fourth-order valence-electron chi connectivity index (χ4n) is 2.20. The van der Waals surface area contributed by atoms with Crippen molar-refractivity contribution in [1.29, 1.82) is 0 Å². The van der Waals surface area contributed by atoms with Crippen molar-refractivity contribution in [2.45, 2.75) is 32.3 Å². The monoisotopic (exact) mass is 288 g/mol. The highest BCUT2D eigenvalue weighted by molar-refractivity contribution is 5.30. The first-order chi connectivity index (χ1) is 10.2. The first-order valence-electron chi connectivity index (χ1n) is 7.31.